The number of thioether (sulfide) groups is 1. The van der Waals surface area contributed by atoms with Gasteiger partial charge in [0.15, 0.2) is 12.6 Å². The molecular formula is C22H24FNO6S. The first kappa shape index (κ1) is 21.7. The van der Waals surface area contributed by atoms with E-state index in [1.807, 2.05) is 0 Å². The normalized spacial score (nSPS) is 17.5. The van der Waals surface area contributed by atoms with Crippen LogP contribution in [0.15, 0.2) is 27.4 Å². The average molecular weight is 450 g/mol. The Morgan fingerprint density at radius 3 is 2.84 bits per heavy atom. The van der Waals surface area contributed by atoms with Gasteiger partial charge in [0.2, 0.25) is 17.1 Å². The monoisotopic (exact) mass is 449 g/mol. The van der Waals surface area contributed by atoms with Crippen LogP contribution >= 0.6 is 11.8 Å². The molecular weight excluding hydrogens is 425 g/mol. The molecule has 0 saturated carbocycles. The van der Waals surface area contributed by atoms with Crippen molar-refractivity contribution < 1.29 is 28.2 Å². The summed E-state index contributed by atoms with van der Waals surface area (Å²) < 4.78 is 30.4. The summed E-state index contributed by atoms with van der Waals surface area (Å²) in [6, 6.07) is 3.93. The Bertz CT molecular complexity index is 1050. The first-order valence-electron chi connectivity index (χ1n) is 10.1. The summed E-state index contributed by atoms with van der Waals surface area (Å²) in [7, 11) is 0. The molecule has 1 aromatic heterocycles. The number of hydrogen-bond donors (Lipinski definition) is 2. The molecule has 1 fully saturated rings. The van der Waals surface area contributed by atoms with Crippen molar-refractivity contribution in [2.24, 2.45) is 0 Å². The Labute approximate surface area is 182 Å². The lowest BCUT2D eigenvalue weighted by molar-refractivity contribution is -0.122. The Morgan fingerprint density at radius 1 is 1.29 bits per heavy atom. The smallest absolute Gasteiger partial charge is 0.227 e. The van der Waals surface area contributed by atoms with Gasteiger partial charge in [-0.05, 0) is 43.4 Å². The number of hydrogen-bond acceptors (Lipinski definition) is 7. The molecule has 7 nitrogen and oxygen atoms in total. The fourth-order valence-corrected chi connectivity index (χ4v) is 5.44. The zero-order valence-corrected chi connectivity index (χ0v) is 18.0. The van der Waals surface area contributed by atoms with E-state index in [9.17, 15) is 19.1 Å². The quantitative estimate of drug-likeness (QED) is 0.724. The predicted octanol–water partition coefficient (Wildman–Crippen LogP) is 3.13. The molecule has 2 aliphatic rings. The fourth-order valence-electron chi connectivity index (χ4n) is 4.16. The molecule has 1 saturated heterocycles. The van der Waals surface area contributed by atoms with Crippen LogP contribution in [0.2, 0.25) is 0 Å². The van der Waals surface area contributed by atoms with Crippen LogP contribution in [0.25, 0.3) is 0 Å². The van der Waals surface area contributed by atoms with E-state index in [1.165, 1.54) is 18.2 Å². The average Bonchev–Trinajstić information content (AvgIpc) is 2.75. The van der Waals surface area contributed by atoms with Crippen molar-refractivity contribution in [2.75, 3.05) is 18.3 Å². The lowest BCUT2D eigenvalue weighted by Gasteiger charge is -2.35. The van der Waals surface area contributed by atoms with E-state index in [0.717, 1.165) is 11.5 Å². The zero-order chi connectivity index (χ0) is 22.0. The van der Waals surface area contributed by atoms with Crippen LogP contribution in [-0.2, 0) is 28.1 Å². The summed E-state index contributed by atoms with van der Waals surface area (Å²) in [6.45, 7) is 2.06. The molecule has 0 radical (unpaired) electrons. The minimum Gasteiger partial charge on any atom is -0.502 e. The zero-order valence-electron chi connectivity index (χ0n) is 17.2. The Balaban J connectivity index is 1.55. The Hall–Kier alpha value is -2.52. The first-order valence-corrected chi connectivity index (χ1v) is 11.2. The van der Waals surface area contributed by atoms with E-state index in [-0.39, 0.29) is 38.0 Å². The van der Waals surface area contributed by atoms with Gasteiger partial charge in [-0.2, -0.15) is 11.8 Å². The van der Waals surface area contributed by atoms with E-state index in [2.05, 4.69) is 5.32 Å². The number of fused-ring (bicyclic) bond motifs is 1. The number of nitrogens with one attached hydrogen (secondary N) is 1. The van der Waals surface area contributed by atoms with Gasteiger partial charge in [0.25, 0.3) is 0 Å². The Kier molecular flexibility index (Phi) is 6.24. The number of carbonyl (C=O) groups excluding carboxylic acids is 1. The molecule has 2 aliphatic heterocycles. The summed E-state index contributed by atoms with van der Waals surface area (Å²) in [5, 5.41) is 13.2. The maximum atomic E-state index is 14.0. The second-order valence-electron chi connectivity index (χ2n) is 7.91. The van der Waals surface area contributed by atoms with Crippen LogP contribution in [-0.4, -0.2) is 29.3 Å². The van der Waals surface area contributed by atoms with Gasteiger partial charge in [0, 0.05) is 35.6 Å². The van der Waals surface area contributed by atoms with Gasteiger partial charge in [0.1, 0.15) is 17.3 Å². The second-order valence-corrected chi connectivity index (χ2v) is 9.13. The van der Waals surface area contributed by atoms with Crippen molar-refractivity contribution in [3.05, 3.63) is 56.9 Å². The SMILES string of the molecule is Cc1cc(=O)c(O)c(C2(CC(=O)NCc3cc(F)cc4c3OCOC4)CCSCC2)o1. The van der Waals surface area contributed by atoms with Gasteiger partial charge in [0.05, 0.1) is 6.61 Å². The largest absolute Gasteiger partial charge is 0.502 e. The Morgan fingerprint density at radius 2 is 2.06 bits per heavy atom. The lowest BCUT2D eigenvalue weighted by atomic mass is 9.75. The maximum Gasteiger partial charge on any atom is 0.227 e. The highest BCUT2D eigenvalue weighted by Gasteiger charge is 2.41. The second kappa shape index (κ2) is 8.92. The molecule has 3 heterocycles. The summed E-state index contributed by atoms with van der Waals surface area (Å²) in [5.41, 5.74) is -0.147. The van der Waals surface area contributed by atoms with Gasteiger partial charge in [-0.15, -0.1) is 0 Å². The molecule has 0 atom stereocenters. The van der Waals surface area contributed by atoms with Crippen LogP contribution in [0.1, 0.15) is 41.9 Å². The third kappa shape index (κ3) is 4.57. The summed E-state index contributed by atoms with van der Waals surface area (Å²) in [4.78, 5) is 25.1. The number of benzene rings is 1. The van der Waals surface area contributed by atoms with Crippen LogP contribution in [0.4, 0.5) is 4.39 Å². The number of aryl methyl sites for hydroxylation is 1. The molecule has 0 unspecified atom stereocenters. The van der Waals surface area contributed by atoms with Crippen molar-refractivity contribution in [1.29, 1.82) is 0 Å². The van der Waals surface area contributed by atoms with E-state index < -0.39 is 22.4 Å². The number of aromatic hydroxyl groups is 1. The van der Waals surface area contributed by atoms with Gasteiger partial charge >= 0.3 is 0 Å². The predicted molar refractivity (Wildman–Crippen MR) is 113 cm³/mol. The molecule has 4 rings (SSSR count). The summed E-state index contributed by atoms with van der Waals surface area (Å²) in [5.74, 6) is 1.53. The van der Waals surface area contributed by atoms with Gasteiger partial charge in [-0.25, -0.2) is 4.39 Å². The number of ether oxygens (including phenoxy) is 2. The number of halogens is 1. The number of rotatable bonds is 5. The van der Waals surface area contributed by atoms with Crippen molar-refractivity contribution >= 4 is 17.7 Å². The first-order chi connectivity index (χ1) is 14.9. The molecule has 166 valence electrons. The minimum absolute atomic E-state index is 0.0506. The highest BCUT2D eigenvalue weighted by atomic mass is 32.2. The summed E-state index contributed by atoms with van der Waals surface area (Å²) in [6.07, 6.45) is 1.25. The highest BCUT2D eigenvalue weighted by Crippen LogP contribution is 2.44. The molecule has 1 amide bonds. The van der Waals surface area contributed by atoms with E-state index in [0.29, 0.717) is 35.5 Å². The fraction of sp³-hybridized carbons (Fsp3) is 0.455. The topological polar surface area (TPSA) is 98.0 Å². The van der Waals surface area contributed by atoms with Crippen LogP contribution in [0.3, 0.4) is 0 Å². The third-order valence-electron chi connectivity index (χ3n) is 5.70. The molecule has 1 aromatic carbocycles. The van der Waals surface area contributed by atoms with E-state index in [1.54, 1.807) is 18.7 Å². The maximum absolute atomic E-state index is 14.0. The lowest BCUT2D eigenvalue weighted by Crippen LogP contribution is -2.38. The molecule has 2 aromatic rings. The third-order valence-corrected chi connectivity index (χ3v) is 6.69. The molecule has 31 heavy (non-hydrogen) atoms. The summed E-state index contributed by atoms with van der Waals surface area (Å²) >= 11 is 1.76. The van der Waals surface area contributed by atoms with Crippen LogP contribution in [0, 0.1) is 12.7 Å². The number of carbonyl (C=O) groups is 1. The number of amides is 1. The molecule has 2 N–H and O–H groups in total. The van der Waals surface area contributed by atoms with Crippen LogP contribution in [0.5, 0.6) is 11.5 Å². The van der Waals surface area contributed by atoms with Crippen molar-refractivity contribution in [3.63, 3.8) is 0 Å². The van der Waals surface area contributed by atoms with E-state index in [4.69, 9.17) is 13.9 Å². The van der Waals surface area contributed by atoms with Crippen molar-refractivity contribution in [1.82, 2.24) is 5.32 Å². The van der Waals surface area contributed by atoms with Gasteiger partial charge in [-0.3, -0.25) is 9.59 Å². The van der Waals surface area contributed by atoms with Crippen molar-refractivity contribution in [3.8, 4) is 11.5 Å². The highest BCUT2D eigenvalue weighted by molar-refractivity contribution is 7.99. The van der Waals surface area contributed by atoms with E-state index >= 15 is 0 Å². The van der Waals surface area contributed by atoms with Crippen molar-refractivity contribution in [2.45, 2.75) is 44.8 Å². The molecule has 9 heteroatoms. The standard InChI is InChI=1S/C22H24FNO6S/c1-13-6-17(25)19(27)21(30-13)22(2-4-31-5-3-22)9-18(26)24-10-14-7-16(23)8-15-11-28-12-29-20(14)15/h6-8,27H,2-5,9-12H2,1H3,(H,24,26). The van der Waals surface area contributed by atoms with Gasteiger partial charge < -0.3 is 24.3 Å². The molecule has 0 bridgehead atoms. The molecule has 0 spiro atoms. The van der Waals surface area contributed by atoms with Gasteiger partial charge in [-0.1, -0.05) is 0 Å². The van der Waals surface area contributed by atoms with Crippen LogP contribution < -0.4 is 15.5 Å². The minimum atomic E-state index is -0.768. The molecule has 0 aliphatic carbocycles.